The van der Waals surface area contributed by atoms with Crippen molar-refractivity contribution in [2.45, 2.75) is 32.4 Å². The topological polar surface area (TPSA) is 56.8 Å². The molecule has 2 atom stereocenters. The number of nitrogens with one attached hydrogen (secondary N) is 2. The van der Waals surface area contributed by atoms with Crippen LogP contribution in [0.25, 0.3) is 0 Å². The second kappa shape index (κ2) is 8.43. The molecule has 2 saturated heterocycles. The van der Waals surface area contributed by atoms with Crippen molar-refractivity contribution in [3.05, 3.63) is 59.2 Å². The Balaban J connectivity index is 1.34. The standard InChI is InChI=1S/C23H30N4O2/c1-16-7-8-22(17(2)13-16)26-9-11-27(12-10-26)23(28)21-15-20(24-25-21)18-5-4-6-19(14-18)29-3/h4-8,13-14,20-21,24-25H,9-12,15H2,1-3H3. The number of piperazine rings is 1. The van der Waals surface area contributed by atoms with E-state index < -0.39 is 0 Å². The first-order valence-corrected chi connectivity index (χ1v) is 10.3. The molecule has 0 aromatic heterocycles. The van der Waals surface area contributed by atoms with Crippen LogP contribution in [-0.2, 0) is 4.79 Å². The van der Waals surface area contributed by atoms with Crippen molar-refractivity contribution < 1.29 is 9.53 Å². The summed E-state index contributed by atoms with van der Waals surface area (Å²) in [5, 5.41) is 0. The normalized spacial score (nSPS) is 22.0. The number of rotatable bonds is 4. The molecule has 29 heavy (non-hydrogen) atoms. The van der Waals surface area contributed by atoms with Gasteiger partial charge in [0.15, 0.2) is 0 Å². The Labute approximate surface area is 172 Å². The number of hydrogen-bond acceptors (Lipinski definition) is 5. The number of benzene rings is 2. The van der Waals surface area contributed by atoms with Crippen LogP contribution in [0.1, 0.15) is 29.2 Å². The summed E-state index contributed by atoms with van der Waals surface area (Å²) in [7, 11) is 1.67. The van der Waals surface area contributed by atoms with Gasteiger partial charge in [-0.2, -0.15) is 0 Å². The van der Waals surface area contributed by atoms with E-state index in [1.807, 2.05) is 23.1 Å². The fraction of sp³-hybridized carbons (Fsp3) is 0.435. The molecule has 2 aromatic carbocycles. The van der Waals surface area contributed by atoms with Gasteiger partial charge >= 0.3 is 0 Å². The number of hydrazine groups is 1. The van der Waals surface area contributed by atoms with Crippen LogP contribution in [0.4, 0.5) is 5.69 Å². The molecule has 2 unspecified atom stereocenters. The zero-order chi connectivity index (χ0) is 20.4. The van der Waals surface area contributed by atoms with Crippen LogP contribution in [-0.4, -0.2) is 50.1 Å². The van der Waals surface area contributed by atoms with Crippen molar-refractivity contribution in [1.82, 2.24) is 15.8 Å². The van der Waals surface area contributed by atoms with Crippen molar-refractivity contribution in [3.63, 3.8) is 0 Å². The summed E-state index contributed by atoms with van der Waals surface area (Å²) in [6.07, 6.45) is 0.739. The summed E-state index contributed by atoms with van der Waals surface area (Å²) in [5.74, 6) is 1.02. The Hall–Kier alpha value is -2.57. The van der Waals surface area contributed by atoms with Gasteiger partial charge in [-0.1, -0.05) is 29.8 Å². The highest BCUT2D eigenvalue weighted by atomic mass is 16.5. The molecular weight excluding hydrogens is 364 g/mol. The molecule has 154 valence electrons. The monoisotopic (exact) mass is 394 g/mol. The third kappa shape index (κ3) is 4.23. The molecule has 0 saturated carbocycles. The number of nitrogens with zero attached hydrogens (tertiary/aromatic N) is 2. The number of hydrogen-bond donors (Lipinski definition) is 2. The van der Waals surface area contributed by atoms with Gasteiger partial charge < -0.3 is 14.5 Å². The molecule has 6 nitrogen and oxygen atoms in total. The van der Waals surface area contributed by atoms with Gasteiger partial charge in [-0.3, -0.25) is 4.79 Å². The fourth-order valence-electron chi connectivity index (χ4n) is 4.34. The van der Waals surface area contributed by atoms with Crippen LogP contribution in [0.15, 0.2) is 42.5 Å². The van der Waals surface area contributed by atoms with Crippen LogP contribution < -0.4 is 20.5 Å². The lowest BCUT2D eigenvalue weighted by Crippen LogP contribution is -2.53. The van der Waals surface area contributed by atoms with E-state index in [0.29, 0.717) is 0 Å². The van der Waals surface area contributed by atoms with Crippen LogP contribution in [0.5, 0.6) is 5.75 Å². The van der Waals surface area contributed by atoms with E-state index >= 15 is 0 Å². The first kappa shape index (κ1) is 19.7. The fourth-order valence-corrected chi connectivity index (χ4v) is 4.34. The average molecular weight is 395 g/mol. The quantitative estimate of drug-likeness (QED) is 0.835. The first-order chi connectivity index (χ1) is 14.0. The molecule has 2 fully saturated rings. The lowest BCUT2D eigenvalue weighted by Gasteiger charge is -2.37. The minimum atomic E-state index is -0.195. The van der Waals surface area contributed by atoms with Crippen molar-refractivity contribution in [1.29, 1.82) is 0 Å². The maximum absolute atomic E-state index is 13.0. The van der Waals surface area contributed by atoms with Crippen LogP contribution >= 0.6 is 0 Å². The largest absolute Gasteiger partial charge is 0.497 e. The van der Waals surface area contributed by atoms with E-state index in [-0.39, 0.29) is 18.0 Å². The zero-order valence-corrected chi connectivity index (χ0v) is 17.4. The van der Waals surface area contributed by atoms with E-state index in [1.165, 1.54) is 16.8 Å². The van der Waals surface area contributed by atoms with E-state index in [0.717, 1.165) is 43.9 Å². The summed E-state index contributed by atoms with van der Waals surface area (Å²) in [5.41, 5.74) is 11.5. The minimum Gasteiger partial charge on any atom is -0.497 e. The van der Waals surface area contributed by atoms with E-state index in [2.05, 4.69) is 53.9 Å². The molecule has 4 rings (SSSR count). The van der Waals surface area contributed by atoms with E-state index in [9.17, 15) is 4.79 Å². The molecule has 0 aliphatic carbocycles. The molecule has 1 amide bonds. The average Bonchev–Trinajstić information content (AvgIpc) is 3.24. The lowest BCUT2D eigenvalue weighted by atomic mass is 10.0. The molecule has 2 aromatic rings. The molecule has 0 bridgehead atoms. The maximum Gasteiger partial charge on any atom is 0.241 e. The predicted molar refractivity (Wildman–Crippen MR) is 115 cm³/mol. The van der Waals surface area contributed by atoms with Gasteiger partial charge in [0.05, 0.1) is 7.11 Å². The third-order valence-corrected chi connectivity index (χ3v) is 5.98. The maximum atomic E-state index is 13.0. The Kier molecular flexibility index (Phi) is 5.74. The summed E-state index contributed by atoms with van der Waals surface area (Å²) >= 11 is 0. The first-order valence-electron chi connectivity index (χ1n) is 10.3. The van der Waals surface area contributed by atoms with Gasteiger partial charge in [-0.15, -0.1) is 0 Å². The molecule has 0 spiro atoms. The smallest absolute Gasteiger partial charge is 0.241 e. The van der Waals surface area contributed by atoms with Crippen LogP contribution in [0.3, 0.4) is 0 Å². The molecular formula is C23H30N4O2. The Morgan fingerprint density at radius 2 is 1.83 bits per heavy atom. The number of anilines is 1. The highest BCUT2D eigenvalue weighted by Crippen LogP contribution is 2.27. The summed E-state index contributed by atoms with van der Waals surface area (Å²) in [4.78, 5) is 17.4. The highest BCUT2D eigenvalue weighted by molar-refractivity contribution is 5.82. The Bertz CT molecular complexity index is 877. The molecule has 6 heteroatoms. The second-order valence-electron chi connectivity index (χ2n) is 8.01. The second-order valence-corrected chi connectivity index (χ2v) is 8.01. The van der Waals surface area contributed by atoms with Gasteiger partial charge in [0, 0.05) is 37.9 Å². The van der Waals surface area contributed by atoms with Gasteiger partial charge in [0.25, 0.3) is 0 Å². The van der Waals surface area contributed by atoms with Gasteiger partial charge in [0.1, 0.15) is 11.8 Å². The number of carbonyl (C=O) groups is 1. The van der Waals surface area contributed by atoms with Crippen molar-refractivity contribution in [2.75, 3.05) is 38.2 Å². The number of carbonyl (C=O) groups excluding carboxylic acids is 1. The molecule has 2 N–H and O–H groups in total. The molecule has 2 aliphatic heterocycles. The van der Waals surface area contributed by atoms with Crippen LogP contribution in [0, 0.1) is 13.8 Å². The number of methoxy groups -OCH3 is 1. The molecule has 2 aliphatic rings. The third-order valence-electron chi connectivity index (χ3n) is 5.98. The molecule has 0 radical (unpaired) electrons. The lowest BCUT2D eigenvalue weighted by molar-refractivity contribution is -0.133. The van der Waals surface area contributed by atoms with Crippen molar-refractivity contribution in [2.24, 2.45) is 0 Å². The Morgan fingerprint density at radius 1 is 1.03 bits per heavy atom. The van der Waals surface area contributed by atoms with Crippen molar-refractivity contribution in [3.8, 4) is 5.75 Å². The summed E-state index contributed by atoms with van der Waals surface area (Å²) in [6, 6.07) is 14.5. The number of amides is 1. The van der Waals surface area contributed by atoms with Crippen molar-refractivity contribution >= 4 is 11.6 Å². The number of ether oxygens (including phenoxy) is 1. The Morgan fingerprint density at radius 3 is 2.55 bits per heavy atom. The van der Waals surface area contributed by atoms with Crippen LogP contribution in [0.2, 0.25) is 0 Å². The predicted octanol–water partition coefficient (Wildman–Crippen LogP) is 2.57. The summed E-state index contributed by atoms with van der Waals surface area (Å²) in [6.45, 7) is 7.54. The van der Waals surface area contributed by atoms with E-state index in [4.69, 9.17) is 4.74 Å². The number of aryl methyl sites for hydroxylation is 2. The highest BCUT2D eigenvalue weighted by Gasteiger charge is 2.34. The van der Waals surface area contributed by atoms with E-state index in [1.54, 1.807) is 7.11 Å². The van der Waals surface area contributed by atoms with Gasteiger partial charge in [-0.05, 0) is 49.6 Å². The minimum absolute atomic E-state index is 0.107. The molecule has 2 heterocycles. The summed E-state index contributed by atoms with van der Waals surface area (Å²) < 4.78 is 5.32. The van der Waals surface area contributed by atoms with Gasteiger partial charge in [-0.25, -0.2) is 10.9 Å². The zero-order valence-electron chi connectivity index (χ0n) is 17.4. The SMILES string of the molecule is COc1cccc(C2CC(C(=O)N3CCN(c4ccc(C)cc4C)CC3)NN2)c1. The van der Waals surface area contributed by atoms with Gasteiger partial charge in [0.2, 0.25) is 5.91 Å².